The van der Waals surface area contributed by atoms with E-state index in [-0.39, 0.29) is 17.1 Å². The van der Waals surface area contributed by atoms with Crippen LogP contribution in [0.2, 0.25) is 0 Å². The number of amides is 1. The number of fused-ring (bicyclic) bond motifs is 1. The predicted molar refractivity (Wildman–Crippen MR) is 114 cm³/mol. The van der Waals surface area contributed by atoms with E-state index in [0.717, 1.165) is 42.4 Å². The molecule has 1 atom stereocenters. The average Bonchev–Trinajstić information content (AvgIpc) is 3.17. The van der Waals surface area contributed by atoms with Gasteiger partial charge < -0.3 is 9.88 Å². The molecule has 6 nitrogen and oxygen atoms in total. The third-order valence-electron chi connectivity index (χ3n) is 5.41. The van der Waals surface area contributed by atoms with E-state index in [1.807, 2.05) is 18.4 Å². The van der Waals surface area contributed by atoms with Gasteiger partial charge in [-0.1, -0.05) is 32.5 Å². The summed E-state index contributed by atoms with van der Waals surface area (Å²) < 4.78 is 1.98. The summed E-state index contributed by atoms with van der Waals surface area (Å²) in [6.45, 7) is 11.5. The van der Waals surface area contributed by atoms with Crippen LogP contribution < -0.4 is 5.32 Å². The molecule has 1 amide bonds. The highest BCUT2D eigenvalue weighted by atomic mass is 32.2. The Hall–Kier alpha value is -1.85. The summed E-state index contributed by atoms with van der Waals surface area (Å²) in [6, 6.07) is 2.32. The molecular formula is C20H27N5OS2. The fourth-order valence-electron chi connectivity index (χ4n) is 3.66. The summed E-state index contributed by atoms with van der Waals surface area (Å²) in [7, 11) is 0. The van der Waals surface area contributed by atoms with Crippen LogP contribution in [0.4, 0.5) is 5.00 Å². The Morgan fingerprint density at radius 2 is 2.18 bits per heavy atom. The van der Waals surface area contributed by atoms with Crippen LogP contribution in [-0.4, -0.2) is 26.4 Å². The molecule has 2 aromatic heterocycles. The van der Waals surface area contributed by atoms with Crippen molar-refractivity contribution in [3.05, 3.63) is 21.8 Å². The molecule has 1 unspecified atom stereocenters. The van der Waals surface area contributed by atoms with Crippen molar-refractivity contribution in [3.8, 4) is 6.07 Å². The van der Waals surface area contributed by atoms with E-state index in [9.17, 15) is 10.1 Å². The monoisotopic (exact) mass is 417 g/mol. The fourth-order valence-corrected chi connectivity index (χ4v) is 5.80. The van der Waals surface area contributed by atoms with E-state index in [0.29, 0.717) is 16.5 Å². The Balaban J connectivity index is 1.70. The second-order valence-electron chi connectivity index (χ2n) is 8.24. The summed E-state index contributed by atoms with van der Waals surface area (Å²) in [6.07, 6.45) is 3.00. The number of nitriles is 1. The smallest absolute Gasteiger partial charge is 0.235 e. The standard InChI is InChI=1S/C20H27N5OS2/c1-6-25-12(2)23-24-19(25)27-11-17(26)22-18-15(10-21)14-8-7-13(20(3,4)5)9-16(14)28-18/h13H,6-9,11H2,1-5H3,(H,22,26). The first-order chi connectivity index (χ1) is 13.2. The van der Waals surface area contributed by atoms with Gasteiger partial charge in [-0.3, -0.25) is 4.79 Å². The molecule has 150 valence electrons. The number of thioether (sulfide) groups is 1. The van der Waals surface area contributed by atoms with Gasteiger partial charge in [-0.25, -0.2) is 0 Å². The van der Waals surface area contributed by atoms with Crippen molar-refractivity contribution >= 4 is 34.0 Å². The Morgan fingerprint density at radius 3 is 2.82 bits per heavy atom. The molecule has 0 bridgehead atoms. The Morgan fingerprint density at radius 1 is 1.43 bits per heavy atom. The predicted octanol–water partition coefficient (Wildman–Crippen LogP) is 4.42. The third-order valence-corrected chi connectivity index (χ3v) is 7.54. The van der Waals surface area contributed by atoms with Crippen molar-refractivity contribution in [2.24, 2.45) is 11.3 Å². The number of aryl methyl sites for hydroxylation is 1. The van der Waals surface area contributed by atoms with Gasteiger partial charge >= 0.3 is 0 Å². The number of thiophene rings is 1. The van der Waals surface area contributed by atoms with Gasteiger partial charge in [0, 0.05) is 11.4 Å². The summed E-state index contributed by atoms with van der Waals surface area (Å²) in [5.74, 6) is 1.58. The molecule has 8 heteroatoms. The molecule has 2 aromatic rings. The molecule has 1 aliphatic rings. The quantitative estimate of drug-likeness (QED) is 0.728. The van der Waals surface area contributed by atoms with E-state index in [4.69, 9.17) is 0 Å². The molecule has 28 heavy (non-hydrogen) atoms. The van der Waals surface area contributed by atoms with Crippen molar-refractivity contribution in [2.75, 3.05) is 11.1 Å². The summed E-state index contributed by atoms with van der Waals surface area (Å²) >= 11 is 2.94. The highest BCUT2D eigenvalue weighted by Gasteiger charge is 2.32. The van der Waals surface area contributed by atoms with Gasteiger partial charge in [-0.2, -0.15) is 5.26 Å². The lowest BCUT2D eigenvalue weighted by Crippen LogP contribution is -2.26. The molecule has 0 radical (unpaired) electrons. The van der Waals surface area contributed by atoms with Crippen LogP contribution in [-0.2, 0) is 24.2 Å². The number of hydrogen-bond donors (Lipinski definition) is 1. The van der Waals surface area contributed by atoms with Crippen molar-refractivity contribution < 1.29 is 4.79 Å². The second-order valence-corrected chi connectivity index (χ2v) is 10.3. The number of nitrogens with one attached hydrogen (secondary N) is 1. The van der Waals surface area contributed by atoms with E-state index in [2.05, 4.69) is 42.4 Å². The first kappa shape index (κ1) is 20.9. The molecule has 1 aliphatic carbocycles. The van der Waals surface area contributed by atoms with Crippen LogP contribution in [0.15, 0.2) is 5.16 Å². The molecule has 2 heterocycles. The Kier molecular flexibility index (Phi) is 6.15. The maximum Gasteiger partial charge on any atom is 0.235 e. The number of carbonyl (C=O) groups is 1. The van der Waals surface area contributed by atoms with Gasteiger partial charge in [0.25, 0.3) is 0 Å². The highest BCUT2D eigenvalue weighted by molar-refractivity contribution is 7.99. The van der Waals surface area contributed by atoms with Gasteiger partial charge in [-0.05, 0) is 50.0 Å². The Bertz CT molecular complexity index is 916. The Labute approximate surface area is 174 Å². The first-order valence-electron chi connectivity index (χ1n) is 9.61. The minimum absolute atomic E-state index is 0.115. The van der Waals surface area contributed by atoms with E-state index in [1.54, 1.807) is 11.3 Å². The van der Waals surface area contributed by atoms with Gasteiger partial charge in [0.1, 0.15) is 16.9 Å². The number of anilines is 1. The molecule has 0 fully saturated rings. The largest absolute Gasteiger partial charge is 0.316 e. The van der Waals surface area contributed by atoms with Crippen LogP contribution in [0, 0.1) is 29.6 Å². The number of nitrogens with zero attached hydrogens (tertiary/aromatic N) is 4. The fraction of sp³-hybridized carbons (Fsp3) is 0.600. The average molecular weight is 418 g/mol. The topological polar surface area (TPSA) is 83.6 Å². The zero-order valence-electron chi connectivity index (χ0n) is 17.1. The van der Waals surface area contributed by atoms with E-state index >= 15 is 0 Å². The van der Waals surface area contributed by atoms with Crippen LogP contribution >= 0.6 is 23.1 Å². The van der Waals surface area contributed by atoms with Crippen LogP contribution in [0.3, 0.4) is 0 Å². The molecule has 1 N–H and O–H groups in total. The molecule has 0 saturated carbocycles. The number of aromatic nitrogens is 3. The minimum Gasteiger partial charge on any atom is -0.316 e. The maximum atomic E-state index is 12.5. The first-order valence-corrected chi connectivity index (χ1v) is 11.4. The number of carbonyl (C=O) groups excluding carboxylic acids is 1. The second kappa shape index (κ2) is 8.26. The van der Waals surface area contributed by atoms with Crippen molar-refractivity contribution in [3.63, 3.8) is 0 Å². The van der Waals surface area contributed by atoms with Crippen LogP contribution in [0.5, 0.6) is 0 Å². The van der Waals surface area contributed by atoms with Crippen molar-refractivity contribution in [1.29, 1.82) is 5.26 Å². The van der Waals surface area contributed by atoms with Crippen LogP contribution in [0.1, 0.15) is 55.9 Å². The van der Waals surface area contributed by atoms with E-state index in [1.165, 1.54) is 16.6 Å². The maximum absolute atomic E-state index is 12.5. The van der Waals surface area contributed by atoms with Gasteiger partial charge in [0.2, 0.25) is 5.91 Å². The molecule has 0 aromatic carbocycles. The van der Waals surface area contributed by atoms with Gasteiger partial charge in [0.15, 0.2) is 5.16 Å². The van der Waals surface area contributed by atoms with E-state index < -0.39 is 0 Å². The molecular weight excluding hydrogens is 390 g/mol. The SMILES string of the molecule is CCn1c(C)nnc1SCC(=O)Nc1sc2c(c1C#N)CCC(C(C)(C)C)C2. The molecule has 3 rings (SSSR count). The molecule has 0 spiro atoms. The normalized spacial score (nSPS) is 16.5. The molecule has 0 aliphatic heterocycles. The van der Waals surface area contributed by atoms with Crippen molar-refractivity contribution in [2.45, 2.75) is 65.6 Å². The number of rotatable bonds is 5. The lowest BCUT2D eigenvalue weighted by Gasteiger charge is -2.33. The zero-order valence-corrected chi connectivity index (χ0v) is 18.8. The summed E-state index contributed by atoms with van der Waals surface area (Å²) in [5.41, 5.74) is 2.04. The van der Waals surface area contributed by atoms with Gasteiger partial charge in [-0.15, -0.1) is 21.5 Å². The highest BCUT2D eigenvalue weighted by Crippen LogP contribution is 2.44. The lowest BCUT2D eigenvalue weighted by molar-refractivity contribution is -0.113. The van der Waals surface area contributed by atoms with Crippen molar-refractivity contribution in [1.82, 2.24) is 14.8 Å². The number of hydrogen-bond acceptors (Lipinski definition) is 6. The van der Waals surface area contributed by atoms with Gasteiger partial charge in [0.05, 0.1) is 11.3 Å². The molecule has 0 saturated heterocycles. The minimum atomic E-state index is -0.115. The summed E-state index contributed by atoms with van der Waals surface area (Å²) in [5, 5.41) is 22.3. The lowest BCUT2D eigenvalue weighted by atomic mass is 9.72. The third kappa shape index (κ3) is 4.26. The zero-order chi connectivity index (χ0) is 20.5. The summed E-state index contributed by atoms with van der Waals surface area (Å²) in [4.78, 5) is 13.8. The van der Waals surface area contributed by atoms with Crippen LogP contribution in [0.25, 0.3) is 0 Å².